The Kier molecular flexibility index (Phi) is 5.43. The van der Waals surface area contributed by atoms with Gasteiger partial charge in [0.25, 0.3) is 0 Å². The highest BCUT2D eigenvalue weighted by Crippen LogP contribution is 2.38. The first-order valence-electron chi connectivity index (χ1n) is 8.70. The van der Waals surface area contributed by atoms with Crippen molar-refractivity contribution in [2.75, 3.05) is 0 Å². The van der Waals surface area contributed by atoms with E-state index in [0.717, 1.165) is 28.8 Å². The molecule has 0 atom stereocenters. The van der Waals surface area contributed by atoms with Gasteiger partial charge in [-0.3, -0.25) is 0 Å². The number of nitriles is 1. The van der Waals surface area contributed by atoms with Gasteiger partial charge in [0.2, 0.25) is 0 Å². The number of aromatic nitrogens is 3. The number of hydrogen-bond acceptors (Lipinski definition) is 4. The van der Waals surface area contributed by atoms with Crippen LogP contribution >= 0.6 is 0 Å². The van der Waals surface area contributed by atoms with E-state index in [1.54, 1.807) is 6.07 Å². The van der Waals surface area contributed by atoms with Gasteiger partial charge < -0.3 is 9.30 Å². The van der Waals surface area contributed by atoms with Crippen molar-refractivity contribution >= 4 is 0 Å². The standard InChI is InChI=1S/C20H14F6N4O/c1-19(2,31-16-14(22)6-10(9-27)7-15(16)23)18-29-28-17(30(18)3)12-5-4-11(21)8-13(12)20(24,25)26/h4-8H,1-3H3. The summed E-state index contributed by atoms with van der Waals surface area (Å²) < 4.78 is 88.5. The Morgan fingerprint density at radius 1 is 1.00 bits per heavy atom. The van der Waals surface area contributed by atoms with E-state index in [1.807, 2.05) is 0 Å². The highest BCUT2D eigenvalue weighted by Gasteiger charge is 2.37. The van der Waals surface area contributed by atoms with Crippen molar-refractivity contribution in [1.29, 1.82) is 5.26 Å². The summed E-state index contributed by atoms with van der Waals surface area (Å²) in [5.41, 5.74) is -3.48. The molecular formula is C20H14F6N4O. The molecule has 31 heavy (non-hydrogen) atoms. The Hall–Kier alpha value is -3.55. The van der Waals surface area contributed by atoms with Gasteiger partial charge in [0.15, 0.2) is 34.6 Å². The second-order valence-corrected chi connectivity index (χ2v) is 7.09. The Bertz CT molecular complexity index is 1170. The maximum atomic E-state index is 14.2. The van der Waals surface area contributed by atoms with Gasteiger partial charge in [-0.05, 0) is 44.2 Å². The normalized spacial score (nSPS) is 12.0. The summed E-state index contributed by atoms with van der Waals surface area (Å²) in [6.45, 7) is 2.76. The molecule has 0 aliphatic rings. The number of halogens is 6. The van der Waals surface area contributed by atoms with Gasteiger partial charge in [0.05, 0.1) is 17.2 Å². The summed E-state index contributed by atoms with van der Waals surface area (Å²) in [5, 5.41) is 16.4. The van der Waals surface area contributed by atoms with Crippen LogP contribution in [0.1, 0.15) is 30.8 Å². The highest BCUT2D eigenvalue weighted by atomic mass is 19.4. The molecule has 3 rings (SSSR count). The SMILES string of the molecule is Cn1c(-c2ccc(F)cc2C(F)(F)F)nnc1C(C)(C)Oc1c(F)cc(C#N)cc1F. The average Bonchev–Trinajstić information content (AvgIpc) is 3.06. The van der Waals surface area contributed by atoms with Crippen LogP contribution in [-0.4, -0.2) is 14.8 Å². The Balaban J connectivity index is 2.06. The lowest BCUT2D eigenvalue weighted by atomic mass is 10.1. The fourth-order valence-electron chi connectivity index (χ4n) is 3.06. The minimum atomic E-state index is -4.86. The number of nitrogens with zero attached hydrogens (tertiary/aromatic N) is 4. The number of ether oxygens (including phenoxy) is 1. The van der Waals surface area contributed by atoms with Gasteiger partial charge in [-0.2, -0.15) is 18.4 Å². The molecule has 0 unspecified atom stereocenters. The molecule has 0 spiro atoms. The third kappa shape index (κ3) is 4.19. The van der Waals surface area contributed by atoms with Crippen LogP contribution in [0.3, 0.4) is 0 Å². The van der Waals surface area contributed by atoms with Gasteiger partial charge >= 0.3 is 6.18 Å². The molecule has 1 heterocycles. The van der Waals surface area contributed by atoms with Crippen LogP contribution in [0.2, 0.25) is 0 Å². The van der Waals surface area contributed by atoms with Gasteiger partial charge in [0.1, 0.15) is 5.82 Å². The smallest absolute Gasteiger partial charge is 0.417 e. The Labute approximate surface area is 172 Å². The van der Waals surface area contributed by atoms with Crippen molar-refractivity contribution in [3.63, 3.8) is 0 Å². The van der Waals surface area contributed by atoms with Crippen molar-refractivity contribution in [1.82, 2.24) is 14.8 Å². The Morgan fingerprint density at radius 2 is 1.61 bits per heavy atom. The maximum absolute atomic E-state index is 14.2. The number of rotatable bonds is 4. The summed E-state index contributed by atoms with van der Waals surface area (Å²) in [6, 6.07) is 5.27. The minimum absolute atomic E-state index is 0.0527. The largest absolute Gasteiger partial charge is 0.474 e. The van der Waals surface area contributed by atoms with Crippen LogP contribution in [0.4, 0.5) is 26.3 Å². The molecule has 0 saturated carbocycles. The van der Waals surface area contributed by atoms with Gasteiger partial charge in [-0.25, -0.2) is 13.2 Å². The zero-order valence-corrected chi connectivity index (χ0v) is 16.4. The van der Waals surface area contributed by atoms with Crippen molar-refractivity contribution in [3.8, 4) is 23.2 Å². The summed E-state index contributed by atoms with van der Waals surface area (Å²) in [5.74, 6) is -4.43. The van der Waals surface area contributed by atoms with Gasteiger partial charge in [-0.15, -0.1) is 10.2 Å². The average molecular weight is 440 g/mol. The molecule has 0 fully saturated rings. The first kappa shape index (κ1) is 22.1. The maximum Gasteiger partial charge on any atom is 0.417 e. The fourth-order valence-corrected chi connectivity index (χ4v) is 3.06. The number of hydrogen-bond donors (Lipinski definition) is 0. The summed E-state index contributed by atoms with van der Waals surface area (Å²) in [7, 11) is 1.34. The molecule has 5 nitrogen and oxygen atoms in total. The predicted octanol–water partition coefficient (Wildman–Crippen LogP) is 5.10. The van der Waals surface area contributed by atoms with Crippen LogP contribution in [0.25, 0.3) is 11.4 Å². The zero-order valence-electron chi connectivity index (χ0n) is 16.4. The van der Waals surface area contributed by atoms with Crippen LogP contribution in [0.15, 0.2) is 30.3 Å². The quantitative estimate of drug-likeness (QED) is 0.530. The lowest BCUT2D eigenvalue weighted by Crippen LogP contribution is -2.30. The van der Waals surface area contributed by atoms with E-state index >= 15 is 0 Å². The number of benzene rings is 2. The van der Waals surface area contributed by atoms with E-state index < -0.39 is 46.1 Å². The lowest BCUT2D eigenvalue weighted by Gasteiger charge is -2.26. The molecule has 0 bridgehead atoms. The molecule has 3 aromatic rings. The first-order chi connectivity index (χ1) is 14.3. The first-order valence-corrected chi connectivity index (χ1v) is 8.70. The van der Waals surface area contributed by atoms with E-state index in [9.17, 15) is 26.3 Å². The highest BCUT2D eigenvalue weighted by molar-refractivity contribution is 5.61. The summed E-state index contributed by atoms with van der Waals surface area (Å²) in [4.78, 5) is 0. The second kappa shape index (κ2) is 7.61. The fraction of sp³-hybridized carbons (Fsp3) is 0.250. The van der Waals surface area contributed by atoms with E-state index in [1.165, 1.54) is 20.9 Å². The van der Waals surface area contributed by atoms with Crippen LogP contribution in [0, 0.1) is 28.8 Å². The van der Waals surface area contributed by atoms with E-state index in [0.29, 0.717) is 6.07 Å². The molecule has 1 aromatic heterocycles. The van der Waals surface area contributed by atoms with Crippen molar-refractivity contribution in [2.45, 2.75) is 25.6 Å². The molecule has 162 valence electrons. The van der Waals surface area contributed by atoms with E-state index in [-0.39, 0.29) is 17.2 Å². The van der Waals surface area contributed by atoms with Gasteiger partial charge in [0, 0.05) is 12.6 Å². The van der Waals surface area contributed by atoms with Gasteiger partial charge in [-0.1, -0.05) is 0 Å². The monoisotopic (exact) mass is 440 g/mol. The zero-order chi connectivity index (χ0) is 23.1. The topological polar surface area (TPSA) is 63.7 Å². The van der Waals surface area contributed by atoms with Crippen molar-refractivity contribution in [2.24, 2.45) is 7.05 Å². The van der Waals surface area contributed by atoms with E-state index in [4.69, 9.17) is 10.00 Å². The summed E-state index contributed by atoms with van der Waals surface area (Å²) in [6.07, 6.45) is -4.86. The molecule has 0 amide bonds. The molecule has 11 heteroatoms. The second-order valence-electron chi connectivity index (χ2n) is 7.09. The van der Waals surface area contributed by atoms with Crippen molar-refractivity contribution in [3.05, 3.63) is 64.7 Å². The van der Waals surface area contributed by atoms with Crippen LogP contribution in [0.5, 0.6) is 5.75 Å². The minimum Gasteiger partial charge on any atom is -0.474 e. The molecular weight excluding hydrogens is 426 g/mol. The van der Waals surface area contributed by atoms with Crippen LogP contribution in [-0.2, 0) is 18.8 Å². The van der Waals surface area contributed by atoms with Crippen molar-refractivity contribution < 1.29 is 31.1 Å². The molecule has 2 aromatic carbocycles. The summed E-state index contributed by atoms with van der Waals surface area (Å²) >= 11 is 0. The molecule has 0 N–H and O–H groups in total. The molecule has 0 saturated heterocycles. The van der Waals surface area contributed by atoms with E-state index in [2.05, 4.69) is 10.2 Å². The molecule has 0 radical (unpaired) electrons. The number of alkyl halides is 3. The third-order valence-corrected chi connectivity index (χ3v) is 4.43. The Morgan fingerprint density at radius 3 is 2.16 bits per heavy atom. The third-order valence-electron chi connectivity index (χ3n) is 4.43. The van der Waals surface area contributed by atoms with Crippen LogP contribution < -0.4 is 4.74 Å². The molecule has 0 aliphatic heterocycles. The predicted molar refractivity (Wildman–Crippen MR) is 96.1 cm³/mol. The molecule has 0 aliphatic carbocycles. The lowest BCUT2D eigenvalue weighted by molar-refractivity contribution is -0.137.